The van der Waals surface area contributed by atoms with Crippen molar-refractivity contribution in [2.75, 3.05) is 13.1 Å². The Hall–Kier alpha value is -2.10. The molecule has 4 heteroatoms. The summed E-state index contributed by atoms with van der Waals surface area (Å²) in [5.41, 5.74) is 0.230. The minimum atomic E-state index is -0.829. The van der Waals surface area contributed by atoms with Crippen LogP contribution >= 0.6 is 0 Å². The van der Waals surface area contributed by atoms with Crippen LogP contribution in [0.25, 0.3) is 0 Å². The molecule has 0 spiro atoms. The predicted octanol–water partition coefficient (Wildman–Crippen LogP) is 3.06. The van der Waals surface area contributed by atoms with Gasteiger partial charge in [0.1, 0.15) is 0 Å². The fourth-order valence-corrected chi connectivity index (χ4v) is 2.98. The van der Waals surface area contributed by atoms with Gasteiger partial charge in [-0.15, -0.1) is 6.58 Å². The molecule has 1 amide bonds. The Kier molecular flexibility index (Phi) is 5.01. The highest BCUT2D eigenvalue weighted by molar-refractivity contribution is 5.80. The summed E-state index contributed by atoms with van der Waals surface area (Å²) in [7, 11) is 0. The standard InChI is InChI=1S/C18H23NO3/c1-3-14(15-8-5-4-6-9-15)12-16(20)19-11-7-10-18(2,13-19)17(21)22/h3-6,8-9,14H,1,7,10-13H2,2H3,(H,21,22). The summed E-state index contributed by atoms with van der Waals surface area (Å²) in [5, 5.41) is 9.35. The van der Waals surface area contributed by atoms with E-state index in [9.17, 15) is 14.7 Å². The molecular formula is C18H23NO3. The third-order valence-electron chi connectivity index (χ3n) is 4.47. The van der Waals surface area contributed by atoms with Crippen LogP contribution in [0, 0.1) is 5.41 Å². The molecule has 1 aliphatic heterocycles. The monoisotopic (exact) mass is 301 g/mol. The van der Waals surface area contributed by atoms with Gasteiger partial charge in [-0.3, -0.25) is 9.59 Å². The van der Waals surface area contributed by atoms with Gasteiger partial charge < -0.3 is 10.0 Å². The highest BCUT2D eigenvalue weighted by atomic mass is 16.4. The highest BCUT2D eigenvalue weighted by Gasteiger charge is 2.39. The number of hydrogen-bond acceptors (Lipinski definition) is 2. The van der Waals surface area contributed by atoms with E-state index in [2.05, 4.69) is 6.58 Å². The number of aliphatic carboxylic acids is 1. The van der Waals surface area contributed by atoms with Crippen molar-refractivity contribution in [3.05, 3.63) is 48.6 Å². The molecule has 0 aromatic heterocycles. The number of carbonyl (C=O) groups is 2. The van der Waals surface area contributed by atoms with E-state index >= 15 is 0 Å². The van der Waals surface area contributed by atoms with Crippen LogP contribution in [0.4, 0.5) is 0 Å². The molecule has 2 unspecified atom stereocenters. The van der Waals surface area contributed by atoms with Crippen LogP contribution in [0.15, 0.2) is 43.0 Å². The maximum absolute atomic E-state index is 12.5. The molecule has 1 aromatic carbocycles. The topological polar surface area (TPSA) is 57.6 Å². The lowest BCUT2D eigenvalue weighted by Gasteiger charge is -2.38. The second-order valence-corrected chi connectivity index (χ2v) is 6.24. The van der Waals surface area contributed by atoms with Crippen LogP contribution in [-0.4, -0.2) is 35.0 Å². The second kappa shape index (κ2) is 6.77. The molecule has 2 atom stereocenters. The first-order valence-electron chi connectivity index (χ1n) is 7.65. The SMILES string of the molecule is C=CC(CC(=O)N1CCCC(C)(C(=O)O)C1)c1ccccc1. The Morgan fingerprint density at radius 1 is 1.41 bits per heavy atom. The Morgan fingerprint density at radius 2 is 2.09 bits per heavy atom. The lowest BCUT2D eigenvalue weighted by Crippen LogP contribution is -2.48. The molecular weight excluding hydrogens is 278 g/mol. The molecule has 22 heavy (non-hydrogen) atoms. The highest BCUT2D eigenvalue weighted by Crippen LogP contribution is 2.31. The van der Waals surface area contributed by atoms with Crippen LogP contribution in [0.1, 0.15) is 37.7 Å². The molecule has 2 rings (SSSR count). The van der Waals surface area contributed by atoms with Gasteiger partial charge in [0, 0.05) is 25.4 Å². The zero-order chi connectivity index (χ0) is 16.2. The van der Waals surface area contributed by atoms with E-state index < -0.39 is 11.4 Å². The molecule has 1 fully saturated rings. The number of nitrogens with zero attached hydrogens (tertiary/aromatic N) is 1. The number of likely N-dealkylation sites (tertiary alicyclic amines) is 1. The van der Waals surface area contributed by atoms with Gasteiger partial charge in [0.25, 0.3) is 0 Å². The molecule has 1 N–H and O–H groups in total. The molecule has 0 aliphatic carbocycles. The van der Waals surface area contributed by atoms with E-state index in [0.29, 0.717) is 25.9 Å². The van der Waals surface area contributed by atoms with E-state index in [1.807, 2.05) is 30.3 Å². The fraction of sp³-hybridized carbons (Fsp3) is 0.444. The number of hydrogen-bond donors (Lipinski definition) is 1. The summed E-state index contributed by atoms with van der Waals surface area (Å²) in [6, 6.07) is 9.79. The van der Waals surface area contributed by atoms with Crippen molar-refractivity contribution >= 4 is 11.9 Å². The van der Waals surface area contributed by atoms with E-state index in [4.69, 9.17) is 0 Å². The van der Waals surface area contributed by atoms with Crippen LogP contribution in [0.3, 0.4) is 0 Å². The molecule has 1 saturated heterocycles. The number of carbonyl (C=O) groups excluding carboxylic acids is 1. The Balaban J connectivity index is 2.05. The van der Waals surface area contributed by atoms with Gasteiger partial charge in [0.15, 0.2) is 0 Å². The number of carboxylic acid groups (broad SMARTS) is 1. The van der Waals surface area contributed by atoms with Gasteiger partial charge in [0.05, 0.1) is 5.41 Å². The molecule has 1 heterocycles. The zero-order valence-electron chi connectivity index (χ0n) is 13.0. The van der Waals surface area contributed by atoms with Gasteiger partial charge in [-0.05, 0) is 25.3 Å². The summed E-state index contributed by atoms with van der Waals surface area (Å²) in [4.78, 5) is 25.6. The molecule has 0 bridgehead atoms. The minimum Gasteiger partial charge on any atom is -0.481 e. The maximum Gasteiger partial charge on any atom is 0.311 e. The first kappa shape index (κ1) is 16.3. The van der Waals surface area contributed by atoms with E-state index in [1.165, 1.54) is 0 Å². The average molecular weight is 301 g/mol. The first-order chi connectivity index (χ1) is 10.5. The fourth-order valence-electron chi connectivity index (χ4n) is 2.98. The molecule has 1 aliphatic rings. The molecule has 1 aromatic rings. The summed E-state index contributed by atoms with van der Waals surface area (Å²) in [6.45, 7) is 6.48. The van der Waals surface area contributed by atoms with E-state index in [1.54, 1.807) is 17.9 Å². The first-order valence-corrected chi connectivity index (χ1v) is 7.65. The summed E-state index contributed by atoms with van der Waals surface area (Å²) >= 11 is 0. The van der Waals surface area contributed by atoms with Crippen molar-refractivity contribution in [1.29, 1.82) is 0 Å². The zero-order valence-corrected chi connectivity index (χ0v) is 13.0. The number of benzene rings is 1. The largest absolute Gasteiger partial charge is 0.481 e. The second-order valence-electron chi connectivity index (χ2n) is 6.24. The lowest BCUT2D eigenvalue weighted by molar-refractivity contribution is -0.153. The normalized spacial score (nSPS) is 22.9. The van der Waals surface area contributed by atoms with Gasteiger partial charge in [-0.25, -0.2) is 0 Å². The van der Waals surface area contributed by atoms with Gasteiger partial charge in [-0.1, -0.05) is 36.4 Å². The summed E-state index contributed by atoms with van der Waals surface area (Å²) in [6.07, 6.45) is 3.48. The summed E-state index contributed by atoms with van der Waals surface area (Å²) in [5.74, 6) is -0.860. The number of allylic oxidation sites excluding steroid dienone is 1. The number of carboxylic acids is 1. The van der Waals surface area contributed by atoms with E-state index in [-0.39, 0.29) is 11.8 Å². The molecule has 4 nitrogen and oxygen atoms in total. The molecule has 0 radical (unpaired) electrons. The Morgan fingerprint density at radius 3 is 2.68 bits per heavy atom. The van der Waals surface area contributed by atoms with Crippen molar-refractivity contribution < 1.29 is 14.7 Å². The minimum absolute atomic E-state index is 0.000859. The molecule has 0 saturated carbocycles. The summed E-state index contributed by atoms with van der Waals surface area (Å²) < 4.78 is 0. The Labute approximate surface area is 131 Å². The third-order valence-corrected chi connectivity index (χ3v) is 4.47. The predicted molar refractivity (Wildman–Crippen MR) is 85.6 cm³/mol. The van der Waals surface area contributed by atoms with Crippen LogP contribution in [0.5, 0.6) is 0 Å². The lowest BCUT2D eigenvalue weighted by atomic mass is 9.81. The van der Waals surface area contributed by atoms with Gasteiger partial charge >= 0.3 is 5.97 Å². The maximum atomic E-state index is 12.5. The van der Waals surface area contributed by atoms with Crippen molar-refractivity contribution in [3.63, 3.8) is 0 Å². The number of rotatable bonds is 5. The van der Waals surface area contributed by atoms with Crippen molar-refractivity contribution in [2.45, 2.75) is 32.1 Å². The van der Waals surface area contributed by atoms with Crippen LogP contribution in [-0.2, 0) is 9.59 Å². The van der Waals surface area contributed by atoms with Crippen molar-refractivity contribution in [3.8, 4) is 0 Å². The van der Waals surface area contributed by atoms with E-state index in [0.717, 1.165) is 12.0 Å². The van der Waals surface area contributed by atoms with Crippen LogP contribution in [0.2, 0.25) is 0 Å². The quantitative estimate of drug-likeness (QED) is 0.850. The number of amides is 1. The average Bonchev–Trinajstić information content (AvgIpc) is 2.53. The van der Waals surface area contributed by atoms with Gasteiger partial charge in [-0.2, -0.15) is 0 Å². The van der Waals surface area contributed by atoms with Gasteiger partial charge in [0.2, 0.25) is 5.91 Å². The molecule has 118 valence electrons. The number of piperidine rings is 1. The Bertz CT molecular complexity index is 555. The van der Waals surface area contributed by atoms with Crippen LogP contribution < -0.4 is 0 Å². The smallest absolute Gasteiger partial charge is 0.311 e. The third kappa shape index (κ3) is 3.56. The van der Waals surface area contributed by atoms with Crippen molar-refractivity contribution in [1.82, 2.24) is 4.90 Å². The van der Waals surface area contributed by atoms with Crippen molar-refractivity contribution in [2.24, 2.45) is 5.41 Å².